The molecule has 0 atom stereocenters. The average Bonchev–Trinajstić information content (AvgIpc) is 2.48. The highest BCUT2D eigenvalue weighted by Crippen LogP contribution is 2.25. The Morgan fingerprint density at radius 3 is 2.64 bits per heavy atom. The molecule has 1 rings (SSSR count). The zero-order valence-corrected chi connectivity index (χ0v) is 9.45. The number of hydrogen-bond donors (Lipinski definition) is 1. The first-order valence-corrected chi connectivity index (χ1v) is 5.21. The van der Waals surface area contributed by atoms with E-state index in [4.69, 9.17) is 5.73 Å². The normalized spacial score (nSPS) is 12.0. The Balaban J connectivity index is 2.40. The monoisotopic (exact) mass is 195 g/mol. The van der Waals surface area contributed by atoms with Gasteiger partial charge in [0.25, 0.3) is 0 Å². The highest BCUT2D eigenvalue weighted by Gasteiger charge is 2.16. The van der Waals surface area contributed by atoms with Crippen molar-refractivity contribution in [3.63, 3.8) is 0 Å². The average molecular weight is 195 g/mol. The minimum atomic E-state index is 0.352. The SMILES string of the molecule is Cn1cc(CCC(C)(C)CCN)cn1. The lowest BCUT2D eigenvalue weighted by molar-refractivity contribution is 0.313. The lowest BCUT2D eigenvalue weighted by atomic mass is 9.83. The van der Waals surface area contributed by atoms with Crippen LogP contribution in [0.4, 0.5) is 0 Å². The Labute approximate surface area is 86.3 Å². The van der Waals surface area contributed by atoms with Crippen molar-refractivity contribution in [1.82, 2.24) is 9.78 Å². The number of nitrogens with two attached hydrogens (primary N) is 1. The number of rotatable bonds is 5. The van der Waals surface area contributed by atoms with E-state index in [0.717, 1.165) is 19.4 Å². The molecule has 80 valence electrons. The molecule has 0 saturated carbocycles. The molecule has 0 radical (unpaired) electrons. The first kappa shape index (κ1) is 11.2. The van der Waals surface area contributed by atoms with Crippen LogP contribution in [0.25, 0.3) is 0 Å². The standard InChI is InChI=1S/C11H21N3/c1-11(2,6-7-12)5-4-10-8-13-14(3)9-10/h8-9H,4-7,12H2,1-3H3. The quantitative estimate of drug-likeness (QED) is 0.777. The molecule has 0 fully saturated rings. The minimum Gasteiger partial charge on any atom is -0.330 e. The maximum atomic E-state index is 5.57. The van der Waals surface area contributed by atoms with Gasteiger partial charge in [-0.2, -0.15) is 5.10 Å². The summed E-state index contributed by atoms with van der Waals surface area (Å²) >= 11 is 0. The Morgan fingerprint density at radius 1 is 1.43 bits per heavy atom. The lowest BCUT2D eigenvalue weighted by Crippen LogP contribution is -2.17. The second kappa shape index (κ2) is 4.60. The molecule has 1 aromatic rings. The molecule has 3 heteroatoms. The maximum Gasteiger partial charge on any atom is 0.0521 e. The summed E-state index contributed by atoms with van der Waals surface area (Å²) < 4.78 is 1.85. The fourth-order valence-electron chi connectivity index (χ4n) is 1.60. The largest absolute Gasteiger partial charge is 0.330 e. The van der Waals surface area contributed by atoms with Crippen LogP contribution >= 0.6 is 0 Å². The van der Waals surface area contributed by atoms with E-state index in [1.165, 1.54) is 12.0 Å². The molecule has 1 aromatic heterocycles. The summed E-state index contributed by atoms with van der Waals surface area (Å²) in [7, 11) is 1.95. The molecule has 2 N–H and O–H groups in total. The molecule has 0 aliphatic carbocycles. The predicted molar refractivity (Wildman–Crippen MR) is 59.0 cm³/mol. The number of hydrogen-bond acceptors (Lipinski definition) is 2. The van der Waals surface area contributed by atoms with Crippen LogP contribution in [0.15, 0.2) is 12.4 Å². The fraction of sp³-hybridized carbons (Fsp3) is 0.727. The smallest absolute Gasteiger partial charge is 0.0521 e. The molecule has 3 nitrogen and oxygen atoms in total. The van der Waals surface area contributed by atoms with E-state index in [1.54, 1.807) is 0 Å². The highest BCUT2D eigenvalue weighted by atomic mass is 15.2. The van der Waals surface area contributed by atoms with E-state index in [-0.39, 0.29) is 0 Å². The molecule has 0 unspecified atom stereocenters. The van der Waals surface area contributed by atoms with Crippen molar-refractivity contribution in [3.05, 3.63) is 18.0 Å². The molecule has 14 heavy (non-hydrogen) atoms. The summed E-state index contributed by atoms with van der Waals surface area (Å²) in [6, 6.07) is 0. The van der Waals surface area contributed by atoms with Gasteiger partial charge in [0.1, 0.15) is 0 Å². The molecule has 0 amide bonds. The molecule has 0 spiro atoms. The summed E-state index contributed by atoms with van der Waals surface area (Å²) in [6.45, 7) is 5.33. The van der Waals surface area contributed by atoms with Gasteiger partial charge in [-0.15, -0.1) is 0 Å². The van der Waals surface area contributed by atoms with Crippen LogP contribution in [-0.2, 0) is 13.5 Å². The Kier molecular flexibility index (Phi) is 3.69. The molecule has 0 aliphatic heterocycles. The van der Waals surface area contributed by atoms with E-state index >= 15 is 0 Å². The molecule has 0 aromatic carbocycles. The third-order valence-corrected chi connectivity index (χ3v) is 2.67. The van der Waals surface area contributed by atoms with Gasteiger partial charge in [-0.05, 0) is 36.8 Å². The maximum absolute atomic E-state index is 5.57. The lowest BCUT2D eigenvalue weighted by Gasteiger charge is -2.23. The third kappa shape index (κ3) is 3.50. The van der Waals surface area contributed by atoms with Gasteiger partial charge in [-0.25, -0.2) is 0 Å². The summed E-state index contributed by atoms with van der Waals surface area (Å²) in [5, 5.41) is 4.16. The second-order valence-electron chi connectivity index (χ2n) is 4.73. The van der Waals surface area contributed by atoms with Crippen molar-refractivity contribution in [2.24, 2.45) is 18.2 Å². The first-order valence-electron chi connectivity index (χ1n) is 5.21. The fourth-order valence-corrected chi connectivity index (χ4v) is 1.60. The highest BCUT2D eigenvalue weighted by molar-refractivity contribution is 5.04. The van der Waals surface area contributed by atoms with Crippen LogP contribution in [0.3, 0.4) is 0 Å². The zero-order chi connectivity index (χ0) is 10.6. The topological polar surface area (TPSA) is 43.8 Å². The van der Waals surface area contributed by atoms with Gasteiger partial charge >= 0.3 is 0 Å². The van der Waals surface area contributed by atoms with Crippen LogP contribution in [0.1, 0.15) is 32.3 Å². The van der Waals surface area contributed by atoms with Crippen LogP contribution in [-0.4, -0.2) is 16.3 Å². The van der Waals surface area contributed by atoms with Gasteiger partial charge in [0.2, 0.25) is 0 Å². The van der Waals surface area contributed by atoms with Crippen LogP contribution in [0.5, 0.6) is 0 Å². The van der Waals surface area contributed by atoms with Gasteiger partial charge < -0.3 is 5.73 Å². The van der Waals surface area contributed by atoms with Crippen molar-refractivity contribution in [1.29, 1.82) is 0 Å². The number of aromatic nitrogens is 2. The van der Waals surface area contributed by atoms with Crippen molar-refractivity contribution < 1.29 is 0 Å². The zero-order valence-electron chi connectivity index (χ0n) is 9.45. The second-order valence-corrected chi connectivity index (χ2v) is 4.73. The molecule has 0 aliphatic rings. The first-order chi connectivity index (χ1) is 6.53. The minimum absolute atomic E-state index is 0.352. The van der Waals surface area contributed by atoms with Crippen LogP contribution in [0, 0.1) is 5.41 Å². The molecule has 0 saturated heterocycles. The van der Waals surface area contributed by atoms with E-state index < -0.39 is 0 Å². The number of nitrogens with zero attached hydrogens (tertiary/aromatic N) is 2. The van der Waals surface area contributed by atoms with Gasteiger partial charge in [0.05, 0.1) is 6.20 Å². The molecular formula is C11H21N3. The van der Waals surface area contributed by atoms with E-state index in [9.17, 15) is 0 Å². The van der Waals surface area contributed by atoms with Crippen molar-refractivity contribution in [2.45, 2.75) is 33.1 Å². The third-order valence-electron chi connectivity index (χ3n) is 2.67. The summed E-state index contributed by atoms with van der Waals surface area (Å²) in [5.74, 6) is 0. The van der Waals surface area contributed by atoms with Gasteiger partial charge in [0.15, 0.2) is 0 Å². The summed E-state index contributed by atoms with van der Waals surface area (Å²) in [6.07, 6.45) is 7.39. The van der Waals surface area contributed by atoms with Crippen molar-refractivity contribution >= 4 is 0 Å². The van der Waals surface area contributed by atoms with Crippen LogP contribution < -0.4 is 5.73 Å². The number of aryl methyl sites for hydroxylation is 2. The summed E-state index contributed by atoms with van der Waals surface area (Å²) in [4.78, 5) is 0. The summed E-state index contributed by atoms with van der Waals surface area (Å²) in [5.41, 5.74) is 7.24. The Hall–Kier alpha value is -0.830. The molecular weight excluding hydrogens is 174 g/mol. The van der Waals surface area contributed by atoms with Gasteiger partial charge in [-0.3, -0.25) is 4.68 Å². The van der Waals surface area contributed by atoms with E-state index in [1.807, 2.05) is 17.9 Å². The van der Waals surface area contributed by atoms with Gasteiger partial charge in [-0.1, -0.05) is 13.8 Å². The molecule has 1 heterocycles. The Morgan fingerprint density at radius 2 is 2.14 bits per heavy atom. The van der Waals surface area contributed by atoms with Crippen molar-refractivity contribution in [2.75, 3.05) is 6.54 Å². The van der Waals surface area contributed by atoms with E-state index in [2.05, 4.69) is 25.1 Å². The van der Waals surface area contributed by atoms with Crippen molar-refractivity contribution in [3.8, 4) is 0 Å². The van der Waals surface area contributed by atoms with Crippen LogP contribution in [0.2, 0.25) is 0 Å². The van der Waals surface area contributed by atoms with Gasteiger partial charge in [0, 0.05) is 13.2 Å². The Bertz CT molecular complexity index is 276. The van der Waals surface area contributed by atoms with E-state index in [0.29, 0.717) is 5.41 Å². The molecule has 0 bridgehead atoms. The predicted octanol–water partition coefficient (Wildman–Crippen LogP) is 1.73.